The average molecular weight is 219 g/mol. The number of rotatable bonds is 7. The van der Waals surface area contributed by atoms with E-state index in [4.69, 9.17) is 0 Å². The second kappa shape index (κ2) is 7.45. The standard InChI is InChI=1S/C15H25N/c1-4-13(3)15(12-16-5-2)11-14-9-7-6-8-10-14/h6-10,13,15-16H,4-5,11-12H2,1-3H3. The van der Waals surface area contributed by atoms with Gasteiger partial charge in [0.15, 0.2) is 0 Å². The van der Waals surface area contributed by atoms with Gasteiger partial charge in [0.25, 0.3) is 0 Å². The third-order valence-electron chi connectivity index (χ3n) is 3.45. The van der Waals surface area contributed by atoms with Gasteiger partial charge in [0, 0.05) is 0 Å². The molecule has 2 unspecified atom stereocenters. The highest BCUT2D eigenvalue weighted by Crippen LogP contribution is 2.19. The summed E-state index contributed by atoms with van der Waals surface area (Å²) in [4.78, 5) is 0. The van der Waals surface area contributed by atoms with E-state index in [1.165, 1.54) is 18.4 Å². The molecule has 0 aliphatic heterocycles. The molecule has 16 heavy (non-hydrogen) atoms. The first kappa shape index (κ1) is 13.2. The summed E-state index contributed by atoms with van der Waals surface area (Å²) < 4.78 is 0. The smallest absolute Gasteiger partial charge is 0.00149 e. The fourth-order valence-corrected chi connectivity index (χ4v) is 2.05. The van der Waals surface area contributed by atoms with E-state index in [2.05, 4.69) is 56.4 Å². The minimum atomic E-state index is 0.757. The number of hydrogen-bond donors (Lipinski definition) is 1. The Hall–Kier alpha value is -0.820. The van der Waals surface area contributed by atoms with Crippen molar-refractivity contribution in [2.45, 2.75) is 33.6 Å². The van der Waals surface area contributed by atoms with Gasteiger partial charge < -0.3 is 5.32 Å². The summed E-state index contributed by atoms with van der Waals surface area (Å²) >= 11 is 0. The van der Waals surface area contributed by atoms with Crippen LogP contribution in [0.2, 0.25) is 0 Å². The molecular formula is C15H25N. The lowest BCUT2D eigenvalue weighted by atomic mass is 9.86. The van der Waals surface area contributed by atoms with E-state index in [9.17, 15) is 0 Å². The van der Waals surface area contributed by atoms with Gasteiger partial charge in [-0.15, -0.1) is 0 Å². The molecule has 0 aliphatic rings. The van der Waals surface area contributed by atoms with Crippen molar-refractivity contribution in [3.63, 3.8) is 0 Å². The third-order valence-corrected chi connectivity index (χ3v) is 3.45. The first-order chi connectivity index (χ1) is 7.77. The van der Waals surface area contributed by atoms with Crippen LogP contribution in [0.15, 0.2) is 30.3 Å². The van der Waals surface area contributed by atoms with Crippen molar-refractivity contribution >= 4 is 0 Å². The van der Waals surface area contributed by atoms with Crippen molar-refractivity contribution in [2.75, 3.05) is 13.1 Å². The van der Waals surface area contributed by atoms with Crippen molar-refractivity contribution in [1.29, 1.82) is 0 Å². The monoisotopic (exact) mass is 219 g/mol. The molecule has 0 saturated heterocycles. The van der Waals surface area contributed by atoms with Crippen LogP contribution in [0.1, 0.15) is 32.8 Å². The molecule has 1 rings (SSSR count). The Labute approximate surface area is 100 Å². The molecule has 0 heterocycles. The second-order valence-corrected chi connectivity index (χ2v) is 4.64. The molecule has 1 aromatic carbocycles. The van der Waals surface area contributed by atoms with Gasteiger partial charge in [-0.2, -0.15) is 0 Å². The minimum Gasteiger partial charge on any atom is -0.317 e. The highest BCUT2D eigenvalue weighted by molar-refractivity contribution is 5.15. The number of nitrogens with one attached hydrogen (secondary N) is 1. The van der Waals surface area contributed by atoms with Crippen LogP contribution in [0.3, 0.4) is 0 Å². The maximum atomic E-state index is 3.48. The lowest BCUT2D eigenvalue weighted by Crippen LogP contribution is -2.28. The van der Waals surface area contributed by atoms with Gasteiger partial charge in [-0.25, -0.2) is 0 Å². The van der Waals surface area contributed by atoms with Crippen LogP contribution in [0.5, 0.6) is 0 Å². The number of hydrogen-bond acceptors (Lipinski definition) is 1. The topological polar surface area (TPSA) is 12.0 Å². The van der Waals surface area contributed by atoms with E-state index in [1.54, 1.807) is 0 Å². The van der Waals surface area contributed by atoms with Crippen molar-refractivity contribution in [2.24, 2.45) is 11.8 Å². The summed E-state index contributed by atoms with van der Waals surface area (Å²) in [5.74, 6) is 1.55. The largest absolute Gasteiger partial charge is 0.317 e. The molecule has 90 valence electrons. The zero-order valence-electron chi connectivity index (χ0n) is 10.9. The molecule has 0 radical (unpaired) electrons. The van der Waals surface area contributed by atoms with Crippen molar-refractivity contribution in [3.05, 3.63) is 35.9 Å². The van der Waals surface area contributed by atoms with E-state index in [0.717, 1.165) is 24.9 Å². The summed E-state index contributed by atoms with van der Waals surface area (Å²) in [6.07, 6.45) is 2.46. The van der Waals surface area contributed by atoms with Crippen molar-refractivity contribution in [3.8, 4) is 0 Å². The maximum Gasteiger partial charge on any atom is -0.00149 e. The van der Waals surface area contributed by atoms with Crippen LogP contribution in [-0.4, -0.2) is 13.1 Å². The molecule has 0 aromatic heterocycles. The zero-order valence-corrected chi connectivity index (χ0v) is 10.9. The molecule has 0 bridgehead atoms. The Morgan fingerprint density at radius 1 is 1.12 bits per heavy atom. The minimum absolute atomic E-state index is 0.757. The van der Waals surface area contributed by atoms with E-state index >= 15 is 0 Å². The number of benzene rings is 1. The van der Waals surface area contributed by atoms with Gasteiger partial charge in [0.1, 0.15) is 0 Å². The summed E-state index contributed by atoms with van der Waals surface area (Å²) in [6, 6.07) is 10.8. The van der Waals surface area contributed by atoms with E-state index < -0.39 is 0 Å². The van der Waals surface area contributed by atoms with Crippen LogP contribution >= 0.6 is 0 Å². The van der Waals surface area contributed by atoms with Gasteiger partial charge in [-0.3, -0.25) is 0 Å². The normalized spacial score (nSPS) is 14.7. The van der Waals surface area contributed by atoms with E-state index in [0.29, 0.717) is 0 Å². The van der Waals surface area contributed by atoms with Crippen molar-refractivity contribution < 1.29 is 0 Å². The molecule has 0 fully saturated rings. The molecule has 1 N–H and O–H groups in total. The summed E-state index contributed by atoms with van der Waals surface area (Å²) in [6.45, 7) is 9.04. The Bertz CT molecular complexity index is 268. The van der Waals surface area contributed by atoms with Gasteiger partial charge in [-0.1, -0.05) is 57.5 Å². The SMILES string of the molecule is CCNCC(Cc1ccccc1)C(C)CC. The average Bonchev–Trinajstić information content (AvgIpc) is 2.34. The van der Waals surface area contributed by atoms with E-state index in [1.807, 2.05) is 0 Å². The van der Waals surface area contributed by atoms with Gasteiger partial charge in [0.05, 0.1) is 0 Å². The Kier molecular flexibility index (Phi) is 6.17. The predicted octanol–water partition coefficient (Wildman–Crippen LogP) is 3.50. The second-order valence-electron chi connectivity index (χ2n) is 4.64. The fraction of sp³-hybridized carbons (Fsp3) is 0.600. The Balaban J connectivity index is 2.56. The molecule has 2 atom stereocenters. The fourth-order valence-electron chi connectivity index (χ4n) is 2.05. The van der Waals surface area contributed by atoms with Crippen LogP contribution in [0, 0.1) is 11.8 Å². The van der Waals surface area contributed by atoms with Gasteiger partial charge in [0.2, 0.25) is 0 Å². The van der Waals surface area contributed by atoms with Crippen LogP contribution < -0.4 is 5.32 Å². The summed E-state index contributed by atoms with van der Waals surface area (Å²) in [7, 11) is 0. The zero-order chi connectivity index (χ0) is 11.8. The van der Waals surface area contributed by atoms with Gasteiger partial charge in [-0.05, 0) is 36.9 Å². The molecule has 0 saturated carbocycles. The van der Waals surface area contributed by atoms with Crippen LogP contribution in [0.4, 0.5) is 0 Å². The Morgan fingerprint density at radius 3 is 2.38 bits per heavy atom. The summed E-state index contributed by atoms with van der Waals surface area (Å²) in [5.41, 5.74) is 1.46. The summed E-state index contributed by atoms with van der Waals surface area (Å²) in [5, 5.41) is 3.48. The maximum absolute atomic E-state index is 3.48. The molecular weight excluding hydrogens is 194 g/mol. The van der Waals surface area contributed by atoms with Crippen molar-refractivity contribution in [1.82, 2.24) is 5.32 Å². The Morgan fingerprint density at radius 2 is 1.81 bits per heavy atom. The molecule has 0 spiro atoms. The first-order valence-electron chi connectivity index (χ1n) is 6.52. The molecule has 1 aromatic rings. The van der Waals surface area contributed by atoms with Gasteiger partial charge >= 0.3 is 0 Å². The van der Waals surface area contributed by atoms with Crippen LogP contribution in [0.25, 0.3) is 0 Å². The molecule has 1 nitrogen and oxygen atoms in total. The molecule has 1 heteroatoms. The predicted molar refractivity (Wildman–Crippen MR) is 71.6 cm³/mol. The van der Waals surface area contributed by atoms with Crippen LogP contribution in [-0.2, 0) is 6.42 Å². The quantitative estimate of drug-likeness (QED) is 0.740. The highest BCUT2D eigenvalue weighted by atomic mass is 14.8. The first-order valence-corrected chi connectivity index (χ1v) is 6.52. The third kappa shape index (κ3) is 4.36. The molecule has 0 aliphatic carbocycles. The lowest BCUT2D eigenvalue weighted by Gasteiger charge is -2.23. The highest BCUT2D eigenvalue weighted by Gasteiger charge is 2.15. The molecule has 0 amide bonds. The lowest BCUT2D eigenvalue weighted by molar-refractivity contribution is 0.332. The van der Waals surface area contributed by atoms with E-state index in [-0.39, 0.29) is 0 Å².